The fourth-order valence-corrected chi connectivity index (χ4v) is 2.74. The predicted octanol–water partition coefficient (Wildman–Crippen LogP) is 4.49. The summed E-state index contributed by atoms with van der Waals surface area (Å²) in [6.45, 7) is 0.728. The van der Waals surface area contributed by atoms with Crippen LogP contribution in [-0.4, -0.2) is 9.67 Å². The van der Waals surface area contributed by atoms with E-state index in [2.05, 4.69) is 4.57 Å². The van der Waals surface area contributed by atoms with Crippen LogP contribution < -0.4 is 0 Å². The maximum Gasteiger partial charge on any atom is 0.0702 e. The highest BCUT2D eigenvalue weighted by atomic mass is 35.5. The summed E-state index contributed by atoms with van der Waals surface area (Å²) in [6, 6.07) is 13.7. The van der Waals surface area contributed by atoms with Gasteiger partial charge in [0.25, 0.3) is 0 Å². The van der Waals surface area contributed by atoms with Crippen molar-refractivity contribution in [1.82, 2.24) is 4.57 Å². The smallest absolute Gasteiger partial charge is 0.0702 e. The second-order valence-corrected chi connectivity index (χ2v) is 5.52. The van der Waals surface area contributed by atoms with Crippen LogP contribution >= 0.6 is 23.2 Å². The van der Waals surface area contributed by atoms with Crippen LogP contribution in [0.3, 0.4) is 0 Å². The number of benzene rings is 2. The average molecular weight is 306 g/mol. The summed E-state index contributed by atoms with van der Waals surface area (Å²) in [4.78, 5) is 0. The highest BCUT2D eigenvalue weighted by molar-refractivity contribution is 6.42. The lowest BCUT2D eigenvalue weighted by atomic mass is 10.2. The van der Waals surface area contributed by atoms with E-state index in [4.69, 9.17) is 23.2 Å². The maximum atomic E-state index is 9.44. The van der Waals surface area contributed by atoms with Gasteiger partial charge in [-0.2, -0.15) is 0 Å². The predicted molar refractivity (Wildman–Crippen MR) is 83.4 cm³/mol. The molecule has 102 valence electrons. The van der Waals surface area contributed by atoms with Gasteiger partial charge in [-0.05, 0) is 23.8 Å². The summed E-state index contributed by atoms with van der Waals surface area (Å²) in [5, 5.41) is 11.6. The van der Waals surface area contributed by atoms with E-state index in [1.165, 1.54) is 0 Å². The third-order valence-electron chi connectivity index (χ3n) is 3.38. The van der Waals surface area contributed by atoms with Crippen molar-refractivity contribution in [2.45, 2.75) is 13.2 Å². The molecule has 0 radical (unpaired) electrons. The Labute approximate surface area is 127 Å². The lowest BCUT2D eigenvalue weighted by Crippen LogP contribution is -1.97. The first kappa shape index (κ1) is 13.5. The van der Waals surface area contributed by atoms with Crippen molar-refractivity contribution in [2.24, 2.45) is 0 Å². The second-order valence-electron chi connectivity index (χ2n) is 4.71. The fraction of sp³-hybridized carbons (Fsp3) is 0.125. The van der Waals surface area contributed by atoms with E-state index < -0.39 is 0 Å². The molecule has 0 aliphatic rings. The van der Waals surface area contributed by atoms with Crippen LogP contribution in [0, 0.1) is 0 Å². The van der Waals surface area contributed by atoms with E-state index in [0.717, 1.165) is 22.0 Å². The first-order valence-corrected chi connectivity index (χ1v) is 7.06. The molecule has 3 rings (SSSR count). The van der Waals surface area contributed by atoms with Gasteiger partial charge in [-0.1, -0.05) is 47.5 Å². The van der Waals surface area contributed by atoms with E-state index in [1.807, 2.05) is 42.6 Å². The molecule has 1 N–H and O–H groups in total. The van der Waals surface area contributed by atoms with Crippen molar-refractivity contribution in [3.8, 4) is 0 Å². The molecule has 0 saturated heterocycles. The molecule has 20 heavy (non-hydrogen) atoms. The van der Waals surface area contributed by atoms with Gasteiger partial charge in [0.15, 0.2) is 0 Å². The lowest BCUT2D eigenvalue weighted by Gasteiger charge is -2.06. The standard InChI is InChI=1S/C16H13Cl2NO/c17-14-6-5-11(7-15(14)18)8-19-9-12(10-20)13-3-1-2-4-16(13)19/h1-7,9,20H,8,10H2. The Morgan fingerprint density at radius 2 is 1.80 bits per heavy atom. The van der Waals surface area contributed by atoms with Gasteiger partial charge < -0.3 is 9.67 Å². The molecule has 0 atom stereocenters. The zero-order chi connectivity index (χ0) is 14.1. The summed E-state index contributed by atoms with van der Waals surface area (Å²) in [5.41, 5.74) is 3.10. The highest BCUT2D eigenvalue weighted by Gasteiger charge is 2.08. The van der Waals surface area contributed by atoms with Crippen molar-refractivity contribution in [2.75, 3.05) is 0 Å². The molecule has 2 aromatic carbocycles. The molecule has 0 aliphatic carbocycles. The summed E-state index contributed by atoms with van der Waals surface area (Å²) in [5.74, 6) is 0. The van der Waals surface area contributed by atoms with E-state index in [-0.39, 0.29) is 6.61 Å². The van der Waals surface area contributed by atoms with Crippen molar-refractivity contribution >= 4 is 34.1 Å². The number of aromatic nitrogens is 1. The topological polar surface area (TPSA) is 25.2 Å². The highest BCUT2D eigenvalue weighted by Crippen LogP contribution is 2.25. The van der Waals surface area contributed by atoms with Crippen molar-refractivity contribution in [1.29, 1.82) is 0 Å². The molecule has 0 bridgehead atoms. The molecule has 4 heteroatoms. The Morgan fingerprint density at radius 1 is 1.00 bits per heavy atom. The van der Waals surface area contributed by atoms with Crippen molar-refractivity contribution in [3.63, 3.8) is 0 Å². The van der Waals surface area contributed by atoms with Gasteiger partial charge in [0.2, 0.25) is 0 Å². The van der Waals surface area contributed by atoms with Gasteiger partial charge >= 0.3 is 0 Å². The van der Waals surface area contributed by atoms with E-state index in [9.17, 15) is 5.11 Å². The molecule has 0 fully saturated rings. The van der Waals surface area contributed by atoms with Crippen LogP contribution in [0.15, 0.2) is 48.7 Å². The Balaban J connectivity index is 2.04. The molecule has 0 unspecified atom stereocenters. The molecule has 0 spiro atoms. The Bertz CT molecular complexity index is 764. The van der Waals surface area contributed by atoms with Crippen LogP contribution in [0.25, 0.3) is 10.9 Å². The van der Waals surface area contributed by atoms with Gasteiger partial charge in [0.05, 0.1) is 16.7 Å². The molecule has 1 heterocycles. The number of halogens is 2. The molecule has 2 nitrogen and oxygen atoms in total. The zero-order valence-corrected chi connectivity index (χ0v) is 12.2. The minimum Gasteiger partial charge on any atom is -0.392 e. The summed E-state index contributed by atoms with van der Waals surface area (Å²) < 4.78 is 2.11. The minimum atomic E-state index is 0.0366. The zero-order valence-electron chi connectivity index (χ0n) is 10.7. The molecular formula is C16H13Cl2NO. The van der Waals surface area contributed by atoms with Crippen LogP contribution in [0.4, 0.5) is 0 Å². The van der Waals surface area contributed by atoms with Crippen LogP contribution in [0.1, 0.15) is 11.1 Å². The molecule has 0 aliphatic heterocycles. The van der Waals surface area contributed by atoms with Gasteiger partial charge in [-0.3, -0.25) is 0 Å². The number of hydrogen-bond donors (Lipinski definition) is 1. The largest absolute Gasteiger partial charge is 0.392 e. The molecular weight excluding hydrogens is 293 g/mol. The normalized spacial score (nSPS) is 11.2. The van der Waals surface area contributed by atoms with E-state index >= 15 is 0 Å². The Hall–Kier alpha value is -1.48. The lowest BCUT2D eigenvalue weighted by molar-refractivity contribution is 0.283. The first-order valence-electron chi connectivity index (χ1n) is 6.30. The fourth-order valence-electron chi connectivity index (χ4n) is 2.41. The van der Waals surface area contributed by atoms with E-state index in [0.29, 0.717) is 16.6 Å². The average Bonchev–Trinajstić information content (AvgIpc) is 2.81. The quantitative estimate of drug-likeness (QED) is 0.758. The number of hydrogen-bond acceptors (Lipinski definition) is 1. The van der Waals surface area contributed by atoms with Crippen molar-refractivity contribution < 1.29 is 5.11 Å². The molecule has 0 saturated carbocycles. The minimum absolute atomic E-state index is 0.0366. The van der Waals surface area contributed by atoms with Gasteiger partial charge in [0.1, 0.15) is 0 Å². The Kier molecular flexibility index (Phi) is 3.70. The number of fused-ring (bicyclic) bond motifs is 1. The third kappa shape index (κ3) is 2.42. The molecule has 3 aromatic rings. The van der Waals surface area contributed by atoms with E-state index in [1.54, 1.807) is 6.07 Å². The van der Waals surface area contributed by atoms with Gasteiger partial charge in [-0.15, -0.1) is 0 Å². The number of aliphatic hydroxyl groups is 1. The Morgan fingerprint density at radius 3 is 2.55 bits per heavy atom. The number of para-hydroxylation sites is 1. The SMILES string of the molecule is OCc1cn(Cc2ccc(Cl)c(Cl)c2)c2ccccc12. The number of rotatable bonds is 3. The van der Waals surface area contributed by atoms with Crippen LogP contribution in [0.2, 0.25) is 10.0 Å². The number of nitrogens with zero attached hydrogens (tertiary/aromatic N) is 1. The first-order chi connectivity index (χ1) is 9.69. The molecule has 0 amide bonds. The maximum absolute atomic E-state index is 9.44. The number of aliphatic hydroxyl groups excluding tert-OH is 1. The van der Waals surface area contributed by atoms with Crippen LogP contribution in [0.5, 0.6) is 0 Å². The second kappa shape index (κ2) is 5.49. The summed E-state index contributed by atoms with van der Waals surface area (Å²) >= 11 is 12.0. The monoisotopic (exact) mass is 305 g/mol. The summed E-state index contributed by atoms with van der Waals surface area (Å²) in [7, 11) is 0. The van der Waals surface area contributed by atoms with Crippen molar-refractivity contribution in [3.05, 3.63) is 69.8 Å². The third-order valence-corrected chi connectivity index (χ3v) is 4.12. The van der Waals surface area contributed by atoms with Gasteiger partial charge in [-0.25, -0.2) is 0 Å². The van der Waals surface area contributed by atoms with Crippen LogP contribution in [-0.2, 0) is 13.2 Å². The summed E-state index contributed by atoms with van der Waals surface area (Å²) in [6.07, 6.45) is 1.98. The molecule has 1 aromatic heterocycles. The van der Waals surface area contributed by atoms with Gasteiger partial charge in [0, 0.05) is 29.2 Å².